The Morgan fingerprint density at radius 2 is 1.92 bits per heavy atom. The van der Waals surface area contributed by atoms with Crippen LogP contribution < -0.4 is 5.73 Å². The summed E-state index contributed by atoms with van der Waals surface area (Å²) in [5.41, 5.74) is 6.48. The van der Waals surface area contributed by atoms with Crippen molar-refractivity contribution in [2.75, 3.05) is 51.6 Å². The van der Waals surface area contributed by atoms with Gasteiger partial charge in [0.15, 0.2) is 0 Å². The van der Waals surface area contributed by atoms with Crippen molar-refractivity contribution in [1.82, 2.24) is 24.7 Å². The van der Waals surface area contributed by atoms with Crippen LogP contribution >= 0.6 is 0 Å². The topological polar surface area (TPSA) is 122 Å². The fourth-order valence-corrected chi connectivity index (χ4v) is 3.07. The predicted molar refractivity (Wildman–Crippen MR) is 91.2 cm³/mol. The van der Waals surface area contributed by atoms with Crippen molar-refractivity contribution >= 4 is 23.9 Å². The maximum atomic E-state index is 12.7. The monoisotopic (exact) mass is 362 g/mol. The summed E-state index contributed by atoms with van der Waals surface area (Å²) in [7, 11) is 0. The highest BCUT2D eigenvalue weighted by molar-refractivity contribution is 5.95. The second-order valence-corrected chi connectivity index (χ2v) is 6.29. The van der Waals surface area contributed by atoms with Crippen LogP contribution in [0.1, 0.15) is 22.5 Å². The highest BCUT2D eigenvalue weighted by Gasteiger charge is 2.28. The number of nitrogens with two attached hydrogens (primary N) is 1. The smallest absolute Gasteiger partial charge is 0.410 e. The van der Waals surface area contributed by atoms with Crippen molar-refractivity contribution < 1.29 is 19.1 Å². The molecule has 0 atom stereocenters. The van der Waals surface area contributed by atoms with Gasteiger partial charge in [-0.15, -0.1) is 0 Å². The van der Waals surface area contributed by atoms with Gasteiger partial charge >= 0.3 is 6.09 Å². The Morgan fingerprint density at radius 1 is 1.19 bits per heavy atom. The summed E-state index contributed by atoms with van der Waals surface area (Å²) >= 11 is 0. The molecule has 0 bridgehead atoms. The third-order valence-electron chi connectivity index (χ3n) is 4.54. The molecule has 3 rings (SSSR count). The zero-order chi connectivity index (χ0) is 18.7. The van der Waals surface area contributed by atoms with Crippen LogP contribution in [0, 0.1) is 6.92 Å². The highest BCUT2D eigenvalue weighted by atomic mass is 16.6. The molecule has 0 aliphatic carbocycles. The molecule has 2 fully saturated rings. The average Bonchev–Trinajstić information content (AvgIpc) is 2.86. The first-order valence-electron chi connectivity index (χ1n) is 8.53. The summed E-state index contributed by atoms with van der Waals surface area (Å²) in [5.74, 6) is -0.169. The fraction of sp³-hybridized carbons (Fsp3) is 0.562. The fourth-order valence-electron chi connectivity index (χ4n) is 3.07. The average molecular weight is 362 g/mol. The van der Waals surface area contributed by atoms with Crippen molar-refractivity contribution in [3.8, 4) is 0 Å². The van der Waals surface area contributed by atoms with Gasteiger partial charge in [0, 0.05) is 32.4 Å². The van der Waals surface area contributed by atoms with Gasteiger partial charge in [-0.25, -0.2) is 14.8 Å². The quantitative estimate of drug-likeness (QED) is 0.769. The molecule has 1 aromatic heterocycles. The molecule has 2 saturated heterocycles. The zero-order valence-corrected chi connectivity index (χ0v) is 14.7. The Labute approximate surface area is 150 Å². The number of carbonyl (C=O) groups is 3. The number of carbonyl (C=O) groups excluding carboxylic acids is 3. The summed E-state index contributed by atoms with van der Waals surface area (Å²) in [6, 6.07) is 0. The minimum Gasteiger partial charge on any atom is -0.448 e. The van der Waals surface area contributed by atoms with E-state index in [1.165, 1.54) is 11.1 Å². The van der Waals surface area contributed by atoms with Crippen molar-refractivity contribution in [3.05, 3.63) is 17.5 Å². The van der Waals surface area contributed by atoms with Crippen LogP contribution in [0.25, 0.3) is 0 Å². The second-order valence-electron chi connectivity index (χ2n) is 6.29. The molecule has 2 N–H and O–H groups in total. The molecule has 0 spiro atoms. The molecule has 0 aromatic carbocycles. The molecular weight excluding hydrogens is 340 g/mol. The minimum absolute atomic E-state index is 0.0116. The lowest BCUT2D eigenvalue weighted by Gasteiger charge is -2.24. The van der Waals surface area contributed by atoms with Gasteiger partial charge in [0.1, 0.15) is 13.2 Å². The molecule has 10 heteroatoms. The van der Waals surface area contributed by atoms with Crippen molar-refractivity contribution in [2.45, 2.75) is 13.3 Å². The first-order chi connectivity index (χ1) is 12.5. The number of aromatic nitrogens is 2. The normalized spacial score (nSPS) is 17.9. The molecule has 10 nitrogen and oxygen atoms in total. The van der Waals surface area contributed by atoms with Gasteiger partial charge in [0.2, 0.25) is 11.9 Å². The molecule has 1 aromatic rings. The van der Waals surface area contributed by atoms with Crippen LogP contribution in [0.5, 0.6) is 0 Å². The number of hydrogen-bond donors (Lipinski definition) is 1. The second kappa shape index (κ2) is 7.54. The van der Waals surface area contributed by atoms with Crippen LogP contribution in [-0.2, 0) is 9.53 Å². The maximum Gasteiger partial charge on any atom is 0.410 e. The SMILES string of the molecule is Cc1nc(N)ncc1C(=O)N1CCCN(C(=O)CN2CCOC2=O)CC1. The molecule has 140 valence electrons. The van der Waals surface area contributed by atoms with Crippen molar-refractivity contribution in [1.29, 1.82) is 0 Å². The Balaban J connectivity index is 1.59. The lowest BCUT2D eigenvalue weighted by Crippen LogP contribution is -2.43. The lowest BCUT2D eigenvalue weighted by molar-refractivity contribution is -0.131. The third-order valence-corrected chi connectivity index (χ3v) is 4.54. The van der Waals surface area contributed by atoms with E-state index >= 15 is 0 Å². The van der Waals surface area contributed by atoms with E-state index in [0.717, 1.165) is 0 Å². The van der Waals surface area contributed by atoms with Gasteiger partial charge in [0.05, 0.1) is 17.8 Å². The summed E-state index contributed by atoms with van der Waals surface area (Å²) in [6.07, 6.45) is 1.65. The van der Waals surface area contributed by atoms with Crippen LogP contribution in [0.2, 0.25) is 0 Å². The minimum atomic E-state index is -0.455. The lowest BCUT2D eigenvalue weighted by atomic mass is 10.2. The van der Waals surface area contributed by atoms with Crippen molar-refractivity contribution in [3.63, 3.8) is 0 Å². The van der Waals surface area contributed by atoms with E-state index in [1.807, 2.05) is 0 Å². The van der Waals surface area contributed by atoms with E-state index < -0.39 is 6.09 Å². The molecule has 3 amide bonds. The van der Waals surface area contributed by atoms with Gasteiger partial charge in [-0.05, 0) is 13.3 Å². The van der Waals surface area contributed by atoms with Crippen molar-refractivity contribution in [2.24, 2.45) is 0 Å². The van der Waals surface area contributed by atoms with E-state index in [9.17, 15) is 14.4 Å². The maximum absolute atomic E-state index is 12.7. The van der Waals surface area contributed by atoms with Crippen LogP contribution in [0.15, 0.2) is 6.20 Å². The summed E-state index contributed by atoms with van der Waals surface area (Å²) in [5, 5.41) is 0. The highest BCUT2D eigenvalue weighted by Crippen LogP contribution is 2.13. The molecular formula is C16H22N6O4. The van der Waals surface area contributed by atoms with E-state index in [1.54, 1.807) is 16.7 Å². The molecule has 0 unspecified atom stereocenters. The number of ether oxygens (including phenoxy) is 1. The first-order valence-corrected chi connectivity index (χ1v) is 8.53. The van der Waals surface area contributed by atoms with E-state index in [2.05, 4.69) is 9.97 Å². The Bertz CT molecular complexity index is 725. The zero-order valence-electron chi connectivity index (χ0n) is 14.7. The van der Waals surface area contributed by atoms with Crippen LogP contribution in [0.4, 0.5) is 10.7 Å². The molecule has 2 aliphatic heterocycles. The Hall–Kier alpha value is -2.91. The Kier molecular flexibility index (Phi) is 5.19. The predicted octanol–water partition coefficient (Wildman–Crippen LogP) is -0.506. The third kappa shape index (κ3) is 3.84. The molecule has 0 saturated carbocycles. The number of nitrogens with zero attached hydrogens (tertiary/aromatic N) is 5. The van der Waals surface area contributed by atoms with Gasteiger partial charge in [-0.2, -0.15) is 0 Å². The number of nitrogen functional groups attached to an aromatic ring is 1. The molecule has 3 heterocycles. The van der Waals surface area contributed by atoms with Gasteiger partial charge < -0.3 is 20.3 Å². The van der Waals surface area contributed by atoms with Crippen LogP contribution in [0.3, 0.4) is 0 Å². The number of aryl methyl sites for hydroxylation is 1. The first kappa shape index (κ1) is 17.9. The number of hydrogen-bond acceptors (Lipinski definition) is 7. The standard InChI is InChI=1S/C16H22N6O4/c1-11-12(9-18-15(17)19-11)14(24)21-4-2-3-20(5-6-21)13(23)10-22-7-8-26-16(22)25/h9H,2-8,10H2,1H3,(H2,17,18,19). The summed E-state index contributed by atoms with van der Waals surface area (Å²) in [4.78, 5) is 49.3. The van der Waals surface area contributed by atoms with Gasteiger partial charge in [-0.1, -0.05) is 0 Å². The number of rotatable bonds is 3. The Morgan fingerprint density at radius 3 is 2.62 bits per heavy atom. The van der Waals surface area contributed by atoms with Crippen LogP contribution in [-0.4, -0.2) is 88.5 Å². The van der Waals surface area contributed by atoms with E-state index in [0.29, 0.717) is 57.0 Å². The summed E-state index contributed by atoms with van der Waals surface area (Å²) < 4.78 is 4.84. The number of cyclic esters (lactones) is 1. The molecule has 26 heavy (non-hydrogen) atoms. The molecule has 2 aliphatic rings. The number of anilines is 1. The van der Waals surface area contributed by atoms with Gasteiger partial charge in [0.25, 0.3) is 5.91 Å². The van der Waals surface area contributed by atoms with E-state index in [-0.39, 0.29) is 24.3 Å². The molecule has 0 radical (unpaired) electrons. The summed E-state index contributed by atoms with van der Waals surface area (Å²) in [6.45, 7) is 4.39. The van der Waals surface area contributed by atoms with E-state index in [4.69, 9.17) is 10.5 Å². The van der Waals surface area contributed by atoms with Gasteiger partial charge in [-0.3, -0.25) is 14.5 Å². The number of amides is 3. The largest absolute Gasteiger partial charge is 0.448 e.